The van der Waals surface area contributed by atoms with Gasteiger partial charge in [-0.3, -0.25) is 4.79 Å². The minimum atomic E-state index is -1.08. The van der Waals surface area contributed by atoms with Gasteiger partial charge in [0.05, 0.1) is 0 Å². The van der Waals surface area contributed by atoms with Gasteiger partial charge in [-0.1, -0.05) is 5.57 Å². The zero-order valence-corrected chi connectivity index (χ0v) is 12.2. The van der Waals surface area contributed by atoms with Crippen LogP contribution in [0.4, 0.5) is 0 Å². The Kier molecular flexibility index (Phi) is 8.89. The lowest BCUT2D eigenvalue weighted by molar-refractivity contribution is -0.379. The molecule has 0 aliphatic carbocycles. The van der Waals surface area contributed by atoms with Crippen LogP contribution in [0, 0.1) is 0 Å². The van der Waals surface area contributed by atoms with Gasteiger partial charge in [-0.05, 0) is 40.7 Å². The summed E-state index contributed by atoms with van der Waals surface area (Å²) in [4.78, 5) is 11.7. The van der Waals surface area contributed by atoms with Crippen LogP contribution in [0.2, 0.25) is 0 Å². The van der Waals surface area contributed by atoms with Crippen LogP contribution >= 0.6 is 0 Å². The van der Waals surface area contributed by atoms with Gasteiger partial charge in [0.1, 0.15) is 0 Å². The van der Waals surface area contributed by atoms with Crippen LogP contribution in [-0.4, -0.2) is 31.6 Å². The Bertz CT molecular complexity index is 250. The molecule has 0 saturated carbocycles. The highest BCUT2D eigenvalue weighted by atomic mass is 16.9. The minimum Gasteiger partial charge on any atom is -0.328 e. The first-order valence-electron chi connectivity index (χ1n) is 6.59. The van der Waals surface area contributed by atoms with Gasteiger partial charge in [0.15, 0.2) is 5.78 Å². The molecule has 106 valence electrons. The van der Waals surface area contributed by atoms with Crippen LogP contribution in [0.25, 0.3) is 0 Å². The van der Waals surface area contributed by atoms with E-state index in [1.54, 1.807) is 6.08 Å². The number of carbonyl (C=O) groups excluding carboxylic acids is 1. The number of ketones is 1. The Morgan fingerprint density at radius 2 is 1.44 bits per heavy atom. The van der Waals surface area contributed by atoms with Gasteiger partial charge in [-0.15, -0.1) is 0 Å². The highest BCUT2D eigenvalue weighted by Gasteiger charge is 2.32. The van der Waals surface area contributed by atoms with Gasteiger partial charge in [0, 0.05) is 32.7 Å². The number of allylic oxidation sites excluding steroid dienone is 2. The summed E-state index contributed by atoms with van der Waals surface area (Å²) in [6.07, 6.45) is 2.39. The van der Waals surface area contributed by atoms with Crippen LogP contribution in [0.1, 0.15) is 47.5 Å². The number of rotatable bonds is 10. The molecule has 0 unspecified atom stereocenters. The Balaban J connectivity index is 4.55. The average Bonchev–Trinajstić information content (AvgIpc) is 2.27. The van der Waals surface area contributed by atoms with Crippen molar-refractivity contribution in [1.29, 1.82) is 0 Å². The molecule has 0 saturated heterocycles. The van der Waals surface area contributed by atoms with E-state index in [-0.39, 0.29) is 5.78 Å². The average molecular weight is 258 g/mol. The quantitative estimate of drug-likeness (QED) is 0.446. The summed E-state index contributed by atoms with van der Waals surface area (Å²) in [6.45, 7) is 10.9. The molecule has 0 rings (SSSR count). The summed E-state index contributed by atoms with van der Waals surface area (Å²) >= 11 is 0. The van der Waals surface area contributed by atoms with Gasteiger partial charge < -0.3 is 14.2 Å². The van der Waals surface area contributed by atoms with Gasteiger partial charge in [0.25, 0.3) is 5.97 Å². The van der Waals surface area contributed by atoms with E-state index >= 15 is 0 Å². The first-order chi connectivity index (χ1) is 8.49. The number of carbonyl (C=O) groups is 1. The molecule has 0 N–H and O–H groups in total. The summed E-state index contributed by atoms with van der Waals surface area (Å²) in [5, 5.41) is 0. The monoisotopic (exact) mass is 258 g/mol. The molecule has 0 aromatic rings. The van der Waals surface area contributed by atoms with Crippen molar-refractivity contribution in [2.24, 2.45) is 0 Å². The van der Waals surface area contributed by atoms with Crippen LogP contribution < -0.4 is 0 Å². The summed E-state index contributed by atoms with van der Waals surface area (Å²) in [5.41, 5.74) is 0.995. The molecular formula is C14H26O4. The number of ether oxygens (including phenoxy) is 3. The van der Waals surface area contributed by atoms with E-state index in [1.165, 1.54) is 0 Å². The first kappa shape index (κ1) is 17.3. The van der Waals surface area contributed by atoms with Gasteiger partial charge in [-0.2, -0.15) is 0 Å². The fraction of sp³-hybridized carbons (Fsp3) is 0.786. The van der Waals surface area contributed by atoms with Crippen LogP contribution in [0.5, 0.6) is 0 Å². The van der Waals surface area contributed by atoms with E-state index in [2.05, 4.69) is 0 Å². The van der Waals surface area contributed by atoms with E-state index in [1.807, 2.05) is 34.6 Å². The second kappa shape index (κ2) is 9.25. The zero-order chi connectivity index (χ0) is 14.0. The van der Waals surface area contributed by atoms with Crippen molar-refractivity contribution in [2.75, 3.05) is 19.8 Å². The van der Waals surface area contributed by atoms with Crippen molar-refractivity contribution in [3.05, 3.63) is 11.6 Å². The largest absolute Gasteiger partial charge is 0.328 e. The maximum absolute atomic E-state index is 11.7. The molecule has 0 fully saturated rings. The van der Waals surface area contributed by atoms with Crippen molar-refractivity contribution in [2.45, 2.75) is 53.4 Å². The Morgan fingerprint density at radius 1 is 1.00 bits per heavy atom. The van der Waals surface area contributed by atoms with Gasteiger partial charge in [-0.25, -0.2) is 0 Å². The number of hydrogen-bond donors (Lipinski definition) is 0. The predicted molar refractivity (Wildman–Crippen MR) is 71.3 cm³/mol. The third-order valence-electron chi connectivity index (χ3n) is 2.22. The second-order valence-corrected chi connectivity index (χ2v) is 4.17. The molecule has 18 heavy (non-hydrogen) atoms. The fourth-order valence-corrected chi connectivity index (χ4v) is 1.67. The molecule has 0 bridgehead atoms. The SMILES string of the molecule is CCOC(CCC(=O)C=C(C)C)(OCC)OCC. The fourth-order valence-electron chi connectivity index (χ4n) is 1.67. The molecule has 0 aliphatic rings. The summed E-state index contributed by atoms with van der Waals surface area (Å²) < 4.78 is 16.6. The summed E-state index contributed by atoms with van der Waals surface area (Å²) in [6, 6.07) is 0. The highest BCUT2D eigenvalue weighted by molar-refractivity contribution is 5.90. The normalized spacial score (nSPS) is 11.4. The van der Waals surface area contributed by atoms with E-state index in [0.717, 1.165) is 5.57 Å². The molecule has 0 aromatic carbocycles. The Morgan fingerprint density at radius 3 is 1.78 bits per heavy atom. The third-order valence-corrected chi connectivity index (χ3v) is 2.22. The van der Waals surface area contributed by atoms with E-state index in [4.69, 9.17) is 14.2 Å². The maximum Gasteiger partial charge on any atom is 0.283 e. The topological polar surface area (TPSA) is 44.8 Å². The van der Waals surface area contributed by atoms with E-state index < -0.39 is 5.97 Å². The van der Waals surface area contributed by atoms with E-state index in [9.17, 15) is 4.79 Å². The van der Waals surface area contributed by atoms with Gasteiger partial charge in [0.2, 0.25) is 0 Å². The van der Waals surface area contributed by atoms with Crippen molar-refractivity contribution >= 4 is 5.78 Å². The predicted octanol–water partition coefficient (Wildman–Crippen LogP) is 3.07. The maximum atomic E-state index is 11.7. The van der Waals surface area contributed by atoms with Crippen molar-refractivity contribution in [3.8, 4) is 0 Å². The summed E-state index contributed by atoms with van der Waals surface area (Å²) in [7, 11) is 0. The lowest BCUT2D eigenvalue weighted by atomic mass is 10.1. The molecule has 0 aliphatic heterocycles. The Labute approximate surface area is 110 Å². The Hall–Kier alpha value is -0.710. The number of hydrogen-bond acceptors (Lipinski definition) is 4. The minimum absolute atomic E-state index is 0.0680. The molecule has 4 nitrogen and oxygen atoms in total. The molecule has 0 amide bonds. The zero-order valence-electron chi connectivity index (χ0n) is 12.2. The van der Waals surface area contributed by atoms with Crippen LogP contribution in [0.3, 0.4) is 0 Å². The second-order valence-electron chi connectivity index (χ2n) is 4.17. The standard InChI is InChI=1S/C14H26O4/c1-6-16-14(17-7-2,18-8-3)10-9-13(15)11-12(4)5/h11H,6-10H2,1-5H3. The van der Waals surface area contributed by atoms with E-state index in [0.29, 0.717) is 32.7 Å². The molecule has 0 heterocycles. The lowest BCUT2D eigenvalue weighted by Gasteiger charge is -2.32. The lowest BCUT2D eigenvalue weighted by Crippen LogP contribution is -2.40. The van der Waals surface area contributed by atoms with Crippen molar-refractivity contribution in [1.82, 2.24) is 0 Å². The summed E-state index contributed by atoms with van der Waals surface area (Å²) in [5.74, 6) is -1.01. The first-order valence-corrected chi connectivity index (χ1v) is 6.59. The third kappa shape index (κ3) is 6.89. The molecule has 4 heteroatoms. The molecule has 0 spiro atoms. The van der Waals surface area contributed by atoms with Crippen molar-refractivity contribution in [3.63, 3.8) is 0 Å². The van der Waals surface area contributed by atoms with Crippen LogP contribution in [0.15, 0.2) is 11.6 Å². The molecule has 0 atom stereocenters. The molecule has 0 radical (unpaired) electrons. The molecule has 0 aromatic heterocycles. The highest BCUT2D eigenvalue weighted by Crippen LogP contribution is 2.22. The van der Waals surface area contributed by atoms with Crippen LogP contribution in [-0.2, 0) is 19.0 Å². The van der Waals surface area contributed by atoms with Gasteiger partial charge >= 0.3 is 0 Å². The molecular weight excluding hydrogens is 232 g/mol. The van der Waals surface area contributed by atoms with Crippen molar-refractivity contribution < 1.29 is 19.0 Å². The smallest absolute Gasteiger partial charge is 0.283 e.